The van der Waals surface area contributed by atoms with Crippen LogP contribution in [0.4, 0.5) is 126 Å². The van der Waals surface area contributed by atoms with Crippen molar-refractivity contribution in [3.05, 3.63) is 201 Å². The van der Waals surface area contributed by atoms with Crippen LogP contribution in [0.3, 0.4) is 0 Å². The lowest BCUT2D eigenvalue weighted by Gasteiger charge is -2.36. The van der Waals surface area contributed by atoms with Crippen molar-refractivity contribution in [2.45, 2.75) is 33.4 Å². The van der Waals surface area contributed by atoms with E-state index in [1.807, 2.05) is 111 Å². The number of halogens is 3. The molecule has 3 aliphatic heterocycles. The van der Waals surface area contributed by atoms with Crippen LogP contribution in [-0.4, -0.2) is 201 Å². The van der Waals surface area contributed by atoms with Crippen LogP contribution in [0.15, 0.2) is 184 Å². The highest BCUT2D eigenvalue weighted by Gasteiger charge is 2.43. The van der Waals surface area contributed by atoms with E-state index < -0.39 is 12.1 Å². The maximum Gasteiger partial charge on any atom is 0.471 e. The Hall–Kier alpha value is -14.4. The molecule has 35 heteroatoms. The largest absolute Gasteiger partial charge is 0.494 e. The fraction of sp³-hybridized carbons (Fsp3) is 0.268. The first-order valence-electron chi connectivity index (χ1n) is 37.0. The minimum atomic E-state index is -4.88. The average molecular weight is 1600 g/mol. The molecule has 0 bridgehead atoms. The summed E-state index contributed by atoms with van der Waals surface area (Å²) < 4.78 is 60.3. The molecule has 0 unspecified atom stereocenters. The quantitative estimate of drug-likeness (QED) is 0.0251. The summed E-state index contributed by atoms with van der Waals surface area (Å²) >= 11 is 0. The topological polar surface area (TPSA) is 356 Å². The third-order valence-electron chi connectivity index (χ3n) is 18.6. The van der Waals surface area contributed by atoms with E-state index >= 15 is 0 Å². The molecular weight excluding hydrogens is 1510 g/mol. The Labute approximate surface area is 675 Å². The lowest BCUT2D eigenvalue weighted by molar-refractivity contribution is -0.185. The molecule has 3 fully saturated rings. The summed E-state index contributed by atoms with van der Waals surface area (Å²) in [6, 6.07) is 38.9. The number of aromatic nitrogens is 6. The monoisotopic (exact) mass is 1600 g/mol. The number of anilines is 18. The molecule has 3 aliphatic rings. The molecule has 6 heterocycles. The SMILES string of the molecule is C=CC(=O)Nc1cccc(Nc2nc(Nc3ccc(N4CCCN(C(=O)C(F)(F)F)CC4)cc3OC)ncc2C)c1.C=CC(=O)Nc1cccc(Nc2nc(Nc3ccc(N4CCN(C(=O)NC)CC4)cc3OC)ncc2C)c1.C=CC(=O)Nc1cccc(Nc2nc(Nc3ccc(N4CCN(C(=O)OC)CC4)cc3OC)ncc2C)c1. The van der Waals surface area contributed by atoms with E-state index in [2.05, 4.69) is 113 Å². The lowest BCUT2D eigenvalue weighted by atomic mass is 10.2. The molecule has 7 amide bonds. The van der Waals surface area contributed by atoms with E-state index in [0.29, 0.717) is 139 Å². The Morgan fingerprint density at radius 2 is 0.735 bits per heavy atom. The molecule has 612 valence electrons. The maximum atomic E-state index is 12.9. The predicted octanol–water partition coefficient (Wildman–Crippen LogP) is 13.2. The second-order valence-electron chi connectivity index (χ2n) is 26.5. The van der Waals surface area contributed by atoms with Crippen molar-refractivity contribution in [2.75, 3.05) is 177 Å². The van der Waals surface area contributed by atoms with Gasteiger partial charge in [-0.1, -0.05) is 37.9 Å². The summed E-state index contributed by atoms with van der Waals surface area (Å²) in [5.41, 5.74) is 11.4. The van der Waals surface area contributed by atoms with Gasteiger partial charge in [-0.3, -0.25) is 19.2 Å². The highest BCUT2D eigenvalue weighted by molar-refractivity contribution is 6.00. The first-order chi connectivity index (χ1) is 56.4. The van der Waals surface area contributed by atoms with Crippen LogP contribution in [-0.2, 0) is 23.9 Å². The molecular formula is C82H93F3N22O10. The van der Waals surface area contributed by atoms with Crippen molar-refractivity contribution in [3.8, 4) is 17.2 Å². The number of carbonyl (C=O) groups is 6. The minimum absolute atomic E-state index is 0.0306. The molecule has 9 aromatic rings. The van der Waals surface area contributed by atoms with Crippen LogP contribution in [0.2, 0.25) is 0 Å². The number of ether oxygens (including phenoxy) is 4. The van der Waals surface area contributed by atoms with E-state index in [1.165, 1.54) is 32.4 Å². The van der Waals surface area contributed by atoms with Crippen molar-refractivity contribution in [3.63, 3.8) is 0 Å². The first kappa shape index (κ1) is 85.0. The Morgan fingerprint density at radius 1 is 0.410 bits per heavy atom. The van der Waals surface area contributed by atoms with Gasteiger partial charge in [0.2, 0.25) is 35.6 Å². The smallest absolute Gasteiger partial charge is 0.471 e. The maximum absolute atomic E-state index is 12.9. The molecule has 0 spiro atoms. The highest BCUT2D eigenvalue weighted by Crippen LogP contribution is 2.37. The number of amides is 7. The average Bonchev–Trinajstić information content (AvgIpc) is 1.23. The number of alkyl halides is 3. The standard InChI is InChI=1S/C28H30F3N7O3.C27H32N8O3.C27H31N7O4/c1-4-24(39)33-19-7-5-8-20(15-19)34-25-18(2)17-32-27(36-25)35-22-10-9-21(16-23(22)41-3)37-11-6-12-38(14-13-37)26(40)28(29,30)31;1-5-24(36)30-19-7-6-8-20(15-19)31-25-18(2)17-29-26(33-25)32-22-10-9-21(16-23(22)38-4)34-11-13-35(14-12-34)27(37)28-3;1-5-24(35)29-19-7-6-8-20(15-19)30-25-18(2)17-28-26(32-25)31-22-10-9-21(16-23(22)37-3)33-11-13-34(14-12-33)27(36)38-4/h4-5,7-10,15-17H,1,6,11-14H2,2-3H3,(H,33,39)(H2,32,34,35,36);5-10,15-17H,1,11-14H2,2-4H3,(H,28,37)(H,30,36)(H2,29,31,32,33);5-10,15-17H,1,11-14H2,2-4H3,(H,29,35)(H2,28,30,31,32). The Bertz CT molecular complexity index is 4860. The summed E-state index contributed by atoms with van der Waals surface area (Å²) in [4.78, 5) is 108. The molecule has 10 N–H and O–H groups in total. The molecule has 0 aliphatic carbocycles. The molecule has 12 rings (SSSR count). The van der Waals surface area contributed by atoms with Crippen molar-refractivity contribution in [1.82, 2.24) is 49.9 Å². The zero-order valence-electron chi connectivity index (χ0n) is 66.0. The van der Waals surface area contributed by atoms with Crippen LogP contribution in [0.1, 0.15) is 23.1 Å². The molecule has 117 heavy (non-hydrogen) atoms. The van der Waals surface area contributed by atoms with Crippen molar-refractivity contribution < 1.29 is 60.9 Å². The highest BCUT2D eigenvalue weighted by atomic mass is 19.4. The van der Waals surface area contributed by atoms with E-state index in [1.54, 1.807) is 92.1 Å². The van der Waals surface area contributed by atoms with Gasteiger partial charge >= 0.3 is 24.2 Å². The Kier molecular flexibility index (Phi) is 29.3. The van der Waals surface area contributed by atoms with Crippen LogP contribution in [0.5, 0.6) is 17.2 Å². The van der Waals surface area contributed by atoms with Gasteiger partial charge < -0.3 is 102 Å². The number of hydrogen-bond donors (Lipinski definition) is 10. The second kappa shape index (κ2) is 40.4. The summed E-state index contributed by atoms with van der Waals surface area (Å²) in [7, 11) is 7.78. The summed E-state index contributed by atoms with van der Waals surface area (Å²) in [6.45, 7) is 22.2. The van der Waals surface area contributed by atoms with Gasteiger partial charge in [0.25, 0.3) is 0 Å². The zero-order chi connectivity index (χ0) is 83.7. The Balaban J connectivity index is 0.000000185. The number of nitrogens with zero attached hydrogens (tertiary/aromatic N) is 12. The fourth-order valence-corrected chi connectivity index (χ4v) is 12.4. The van der Waals surface area contributed by atoms with Crippen LogP contribution < -0.4 is 82.1 Å². The Morgan fingerprint density at radius 3 is 1.05 bits per heavy atom. The molecule has 32 nitrogen and oxygen atoms in total. The third-order valence-corrected chi connectivity index (χ3v) is 18.6. The van der Waals surface area contributed by atoms with Gasteiger partial charge in [-0.2, -0.15) is 28.1 Å². The fourth-order valence-electron chi connectivity index (χ4n) is 12.4. The van der Waals surface area contributed by atoms with E-state index in [4.69, 9.17) is 18.9 Å². The number of methoxy groups -OCH3 is 4. The summed E-state index contributed by atoms with van der Waals surface area (Å²) in [6.07, 6.45) is 3.96. The number of nitrogens with one attached hydrogen (secondary N) is 10. The molecule has 0 atom stereocenters. The number of urea groups is 1. The second-order valence-corrected chi connectivity index (χ2v) is 26.5. The van der Waals surface area contributed by atoms with Crippen molar-refractivity contribution in [2.24, 2.45) is 0 Å². The normalized spacial score (nSPS) is 13.2. The van der Waals surface area contributed by atoms with Gasteiger partial charge in [0.1, 0.15) is 34.7 Å². The van der Waals surface area contributed by atoms with Gasteiger partial charge in [0.05, 0.1) is 45.5 Å². The summed E-state index contributed by atoms with van der Waals surface area (Å²) in [5, 5.41) is 30.3. The van der Waals surface area contributed by atoms with Gasteiger partial charge in [-0.05, 0) is 136 Å². The minimum Gasteiger partial charge on any atom is -0.494 e. The van der Waals surface area contributed by atoms with E-state index in [-0.39, 0.29) is 49.5 Å². The zero-order valence-corrected chi connectivity index (χ0v) is 66.0. The van der Waals surface area contributed by atoms with Gasteiger partial charge in [-0.15, -0.1) is 0 Å². The first-order valence-corrected chi connectivity index (χ1v) is 37.0. The number of rotatable bonds is 24. The molecule has 3 aromatic heterocycles. The molecule has 0 radical (unpaired) electrons. The predicted molar refractivity (Wildman–Crippen MR) is 449 cm³/mol. The summed E-state index contributed by atoms with van der Waals surface area (Å²) in [5.74, 6) is 1.98. The number of benzene rings is 6. The number of piperazine rings is 2. The molecule has 6 aromatic carbocycles. The van der Waals surface area contributed by atoms with E-state index in [0.717, 1.165) is 68.8 Å². The van der Waals surface area contributed by atoms with Gasteiger partial charge in [-0.25, -0.2) is 24.5 Å². The van der Waals surface area contributed by atoms with Gasteiger partial charge in [0.15, 0.2) is 0 Å². The van der Waals surface area contributed by atoms with Gasteiger partial charge in [0, 0.05) is 190 Å². The third kappa shape index (κ3) is 23.6. The van der Waals surface area contributed by atoms with Crippen LogP contribution >= 0.6 is 0 Å². The van der Waals surface area contributed by atoms with Crippen molar-refractivity contribution >= 4 is 139 Å². The van der Waals surface area contributed by atoms with Crippen LogP contribution in [0, 0.1) is 20.8 Å². The number of carbonyl (C=O) groups excluding carboxylic acids is 6. The van der Waals surface area contributed by atoms with E-state index in [9.17, 15) is 41.9 Å². The molecule has 0 saturated carbocycles. The van der Waals surface area contributed by atoms with Crippen LogP contribution in [0.25, 0.3) is 0 Å². The van der Waals surface area contributed by atoms with Crippen molar-refractivity contribution in [1.29, 1.82) is 0 Å². The number of aryl methyl sites for hydroxylation is 3. The lowest BCUT2D eigenvalue weighted by Crippen LogP contribution is -2.51. The number of hydrogen-bond acceptors (Lipinski definition) is 25. The molecule has 3 saturated heterocycles.